The number of hydrogen-bond acceptors (Lipinski definition) is 3. The molecule has 0 saturated carbocycles. The molecule has 2 aromatic rings. The van der Waals surface area contributed by atoms with Crippen LogP contribution >= 0.6 is 23.2 Å². The molecule has 0 aromatic heterocycles. The van der Waals surface area contributed by atoms with Gasteiger partial charge in [0.2, 0.25) is 5.91 Å². The van der Waals surface area contributed by atoms with Gasteiger partial charge in [-0.1, -0.05) is 29.3 Å². The number of ketones is 1. The molecule has 0 aliphatic heterocycles. The van der Waals surface area contributed by atoms with Gasteiger partial charge in [-0.15, -0.1) is 0 Å². The van der Waals surface area contributed by atoms with Crippen LogP contribution in [0.25, 0.3) is 0 Å². The lowest BCUT2D eigenvalue weighted by atomic mass is 10.0. The molecule has 6 heteroatoms. The number of methoxy groups -OCH3 is 1. The van der Waals surface area contributed by atoms with Crippen LogP contribution < -0.4 is 10.1 Å². The summed E-state index contributed by atoms with van der Waals surface area (Å²) in [6.45, 7) is 1.94. The molecule has 0 heterocycles. The Morgan fingerprint density at radius 2 is 1.84 bits per heavy atom. The van der Waals surface area contributed by atoms with Crippen LogP contribution in [0, 0.1) is 0 Å². The van der Waals surface area contributed by atoms with E-state index in [4.69, 9.17) is 27.9 Å². The monoisotopic (exact) mass is 379 g/mol. The highest BCUT2D eigenvalue weighted by Gasteiger charge is 2.11. The van der Waals surface area contributed by atoms with Gasteiger partial charge in [0.1, 0.15) is 5.75 Å². The fourth-order valence-corrected chi connectivity index (χ4v) is 2.94. The number of nitrogens with one attached hydrogen (secondary N) is 1. The van der Waals surface area contributed by atoms with Crippen molar-refractivity contribution in [2.75, 3.05) is 13.7 Å². The molecule has 0 aliphatic rings. The van der Waals surface area contributed by atoms with Gasteiger partial charge in [-0.05, 0) is 49.2 Å². The van der Waals surface area contributed by atoms with Crippen LogP contribution in [0.4, 0.5) is 0 Å². The van der Waals surface area contributed by atoms with Gasteiger partial charge in [-0.3, -0.25) is 9.59 Å². The highest BCUT2D eigenvalue weighted by atomic mass is 35.5. The van der Waals surface area contributed by atoms with Crippen molar-refractivity contribution in [2.45, 2.75) is 19.8 Å². The van der Waals surface area contributed by atoms with E-state index in [1.807, 2.05) is 6.07 Å². The van der Waals surface area contributed by atoms with Crippen LogP contribution in [0.2, 0.25) is 10.0 Å². The van der Waals surface area contributed by atoms with E-state index in [-0.39, 0.29) is 18.1 Å². The number of rotatable bonds is 7. The normalized spacial score (nSPS) is 10.4. The Bertz CT molecular complexity index is 790. The molecule has 1 amide bonds. The number of amides is 1. The van der Waals surface area contributed by atoms with Crippen molar-refractivity contribution in [3.8, 4) is 5.75 Å². The van der Waals surface area contributed by atoms with Gasteiger partial charge in [-0.2, -0.15) is 0 Å². The molecule has 2 rings (SSSR count). The standard InChI is InChI=1S/C19H19Cl2NO3/c1-12(23)14-4-6-18(25-2)15(9-14)10-19(24)22-8-7-13-3-5-16(20)11-17(13)21/h3-6,9,11H,7-8,10H2,1-2H3,(H,22,24). The predicted octanol–water partition coefficient (Wildman–Crippen LogP) is 4.11. The Hall–Kier alpha value is -2.04. The number of benzene rings is 2. The maximum Gasteiger partial charge on any atom is 0.224 e. The Morgan fingerprint density at radius 3 is 2.48 bits per heavy atom. The minimum absolute atomic E-state index is 0.0540. The molecule has 1 N–H and O–H groups in total. The number of hydrogen-bond donors (Lipinski definition) is 1. The van der Waals surface area contributed by atoms with E-state index in [0.717, 1.165) is 5.56 Å². The van der Waals surface area contributed by atoms with E-state index >= 15 is 0 Å². The summed E-state index contributed by atoms with van der Waals surface area (Å²) in [4.78, 5) is 23.7. The maximum atomic E-state index is 12.2. The molecule has 0 bridgehead atoms. The average Bonchev–Trinajstić information content (AvgIpc) is 2.56. The van der Waals surface area contributed by atoms with Gasteiger partial charge in [0.15, 0.2) is 5.78 Å². The van der Waals surface area contributed by atoms with E-state index in [1.54, 1.807) is 30.3 Å². The topological polar surface area (TPSA) is 55.4 Å². The van der Waals surface area contributed by atoms with Crippen molar-refractivity contribution in [1.82, 2.24) is 5.32 Å². The molecule has 0 saturated heterocycles. The summed E-state index contributed by atoms with van der Waals surface area (Å²) < 4.78 is 5.26. The second-order valence-electron chi connectivity index (χ2n) is 5.60. The third-order valence-corrected chi connectivity index (χ3v) is 4.36. The first-order chi connectivity index (χ1) is 11.9. The van der Waals surface area contributed by atoms with Crippen LogP contribution in [0.5, 0.6) is 5.75 Å². The largest absolute Gasteiger partial charge is 0.496 e. The number of Topliss-reactive ketones (excluding diaryl/α,β-unsaturated/α-hetero) is 1. The molecule has 0 atom stereocenters. The van der Waals surface area contributed by atoms with Gasteiger partial charge >= 0.3 is 0 Å². The number of carbonyl (C=O) groups is 2. The Morgan fingerprint density at radius 1 is 1.08 bits per heavy atom. The highest BCUT2D eigenvalue weighted by Crippen LogP contribution is 2.22. The fourth-order valence-electron chi connectivity index (χ4n) is 2.43. The first-order valence-corrected chi connectivity index (χ1v) is 8.54. The van der Waals surface area contributed by atoms with Crippen LogP contribution in [0.15, 0.2) is 36.4 Å². The summed E-state index contributed by atoms with van der Waals surface area (Å²) in [5.41, 5.74) is 2.15. The van der Waals surface area contributed by atoms with E-state index in [0.29, 0.717) is 39.9 Å². The first-order valence-electron chi connectivity index (χ1n) is 7.79. The van der Waals surface area contributed by atoms with Crippen LogP contribution in [-0.2, 0) is 17.6 Å². The van der Waals surface area contributed by atoms with Crippen molar-refractivity contribution in [1.29, 1.82) is 0 Å². The van der Waals surface area contributed by atoms with Crippen molar-refractivity contribution >= 4 is 34.9 Å². The average molecular weight is 380 g/mol. The molecule has 0 aliphatic carbocycles. The maximum absolute atomic E-state index is 12.2. The van der Waals surface area contributed by atoms with E-state index < -0.39 is 0 Å². The van der Waals surface area contributed by atoms with Gasteiger partial charge in [0.05, 0.1) is 13.5 Å². The molecule has 0 unspecified atom stereocenters. The molecule has 2 aromatic carbocycles. The summed E-state index contributed by atoms with van der Waals surface area (Å²) in [5.74, 6) is 0.381. The van der Waals surface area contributed by atoms with Crippen molar-refractivity contribution in [3.63, 3.8) is 0 Å². The summed E-state index contributed by atoms with van der Waals surface area (Å²) >= 11 is 12.0. The van der Waals surface area contributed by atoms with Gasteiger partial charge in [-0.25, -0.2) is 0 Å². The number of halogens is 2. The minimum atomic E-state index is -0.149. The Kier molecular flexibility index (Phi) is 6.85. The summed E-state index contributed by atoms with van der Waals surface area (Å²) in [7, 11) is 1.53. The van der Waals surface area contributed by atoms with E-state index in [2.05, 4.69) is 5.32 Å². The third kappa shape index (κ3) is 5.48. The quantitative estimate of drug-likeness (QED) is 0.736. The third-order valence-electron chi connectivity index (χ3n) is 3.77. The van der Waals surface area contributed by atoms with Gasteiger partial charge in [0, 0.05) is 27.7 Å². The van der Waals surface area contributed by atoms with Crippen molar-refractivity contribution < 1.29 is 14.3 Å². The number of ether oxygens (including phenoxy) is 1. The fraction of sp³-hybridized carbons (Fsp3) is 0.263. The van der Waals surface area contributed by atoms with Gasteiger partial charge in [0.25, 0.3) is 0 Å². The minimum Gasteiger partial charge on any atom is -0.496 e. The second-order valence-corrected chi connectivity index (χ2v) is 6.44. The van der Waals surface area contributed by atoms with Crippen LogP contribution in [0.3, 0.4) is 0 Å². The van der Waals surface area contributed by atoms with Crippen molar-refractivity contribution in [2.24, 2.45) is 0 Å². The molecule has 25 heavy (non-hydrogen) atoms. The summed E-state index contributed by atoms with van der Waals surface area (Å²) in [6.07, 6.45) is 0.741. The summed E-state index contributed by atoms with van der Waals surface area (Å²) in [6, 6.07) is 10.4. The molecule has 0 radical (unpaired) electrons. The zero-order valence-corrected chi connectivity index (χ0v) is 15.6. The molecule has 132 valence electrons. The first kappa shape index (κ1) is 19.3. The van der Waals surface area contributed by atoms with Gasteiger partial charge < -0.3 is 10.1 Å². The Labute approximate surface area is 157 Å². The lowest BCUT2D eigenvalue weighted by Crippen LogP contribution is -2.27. The zero-order chi connectivity index (χ0) is 18.4. The second kappa shape index (κ2) is 8.88. The molecular weight excluding hydrogens is 361 g/mol. The Balaban J connectivity index is 1.96. The van der Waals surface area contributed by atoms with E-state index in [9.17, 15) is 9.59 Å². The van der Waals surface area contributed by atoms with E-state index in [1.165, 1.54) is 14.0 Å². The smallest absolute Gasteiger partial charge is 0.224 e. The lowest BCUT2D eigenvalue weighted by molar-refractivity contribution is -0.120. The summed E-state index contributed by atoms with van der Waals surface area (Å²) in [5, 5.41) is 4.01. The lowest BCUT2D eigenvalue weighted by Gasteiger charge is -2.11. The molecule has 0 fully saturated rings. The number of carbonyl (C=O) groups excluding carboxylic acids is 2. The van der Waals surface area contributed by atoms with Crippen LogP contribution in [-0.4, -0.2) is 25.3 Å². The SMILES string of the molecule is COc1ccc(C(C)=O)cc1CC(=O)NCCc1ccc(Cl)cc1Cl. The highest BCUT2D eigenvalue weighted by molar-refractivity contribution is 6.35. The molecular formula is C19H19Cl2NO3. The molecule has 4 nitrogen and oxygen atoms in total. The van der Waals surface area contributed by atoms with Crippen LogP contribution in [0.1, 0.15) is 28.4 Å². The van der Waals surface area contributed by atoms with Crippen molar-refractivity contribution in [3.05, 3.63) is 63.1 Å². The predicted molar refractivity (Wildman–Crippen MR) is 99.9 cm³/mol. The molecule has 0 spiro atoms. The zero-order valence-electron chi connectivity index (χ0n) is 14.1.